The van der Waals surface area contributed by atoms with Crippen LogP contribution in [0.15, 0.2) is 17.2 Å². The van der Waals surface area contributed by atoms with Crippen molar-refractivity contribution < 1.29 is 9.59 Å². The van der Waals surface area contributed by atoms with Crippen molar-refractivity contribution in [2.75, 3.05) is 0 Å². The third-order valence-corrected chi connectivity index (χ3v) is 4.40. The van der Waals surface area contributed by atoms with Crippen molar-refractivity contribution in [2.24, 2.45) is 10.9 Å². The highest BCUT2D eigenvalue weighted by Crippen LogP contribution is 2.32. The van der Waals surface area contributed by atoms with E-state index in [1.54, 1.807) is 0 Å². The Balaban J connectivity index is 2.31. The topological polar surface area (TPSA) is 89.5 Å². The van der Waals surface area contributed by atoms with Gasteiger partial charge in [-0.25, -0.2) is 0 Å². The number of nitrogens with two attached hydrogens (primary N) is 1. The van der Waals surface area contributed by atoms with E-state index in [0.29, 0.717) is 12.1 Å². The van der Waals surface area contributed by atoms with Gasteiger partial charge in [-0.15, -0.1) is 0 Å². The lowest BCUT2D eigenvalue weighted by Crippen LogP contribution is -2.25. The minimum absolute atomic E-state index is 0.155. The molecule has 2 aromatic rings. The summed E-state index contributed by atoms with van der Waals surface area (Å²) in [6, 6.07) is 3.87. The molecule has 0 unspecified atom stereocenters. The summed E-state index contributed by atoms with van der Waals surface area (Å²) in [5, 5.41) is 6.80. The Morgan fingerprint density at radius 2 is 2.09 bits per heavy atom. The van der Waals surface area contributed by atoms with Crippen LogP contribution in [0.4, 0.5) is 0 Å². The molecule has 0 atom stereocenters. The summed E-state index contributed by atoms with van der Waals surface area (Å²) in [4.78, 5) is 25.0. The first kappa shape index (κ1) is 15.3. The molecule has 0 fully saturated rings. The molecule has 0 spiro atoms. The summed E-state index contributed by atoms with van der Waals surface area (Å²) in [6.45, 7) is 4.68. The molecule has 0 radical (unpaired) electrons. The Morgan fingerprint density at radius 1 is 1.30 bits per heavy atom. The minimum Gasteiger partial charge on any atom is -0.336 e. The molecule has 1 aromatic carbocycles. The quantitative estimate of drug-likeness (QED) is 0.386. The van der Waals surface area contributed by atoms with E-state index in [1.165, 1.54) is 6.34 Å². The molecule has 1 aromatic heterocycles. The number of benzene rings is 1. The predicted molar refractivity (Wildman–Crippen MR) is 89.7 cm³/mol. The van der Waals surface area contributed by atoms with Crippen LogP contribution in [0.1, 0.15) is 51.2 Å². The van der Waals surface area contributed by atoms with Gasteiger partial charge in [-0.1, -0.05) is 6.07 Å². The monoisotopic (exact) mass is 312 g/mol. The summed E-state index contributed by atoms with van der Waals surface area (Å²) in [5.74, 6) is 4.93. The summed E-state index contributed by atoms with van der Waals surface area (Å²) in [7, 11) is 0. The maximum atomic E-state index is 12.6. The van der Waals surface area contributed by atoms with Crippen molar-refractivity contribution in [2.45, 2.75) is 39.7 Å². The van der Waals surface area contributed by atoms with Crippen LogP contribution < -0.4 is 11.2 Å². The number of nitrogens with zero attached hydrogens (tertiary/aromatic N) is 2. The lowest BCUT2D eigenvalue weighted by atomic mass is 9.94. The smallest absolute Gasteiger partial charge is 0.273 e. The van der Waals surface area contributed by atoms with Crippen LogP contribution in [-0.4, -0.2) is 22.6 Å². The highest BCUT2D eigenvalue weighted by molar-refractivity contribution is 6.12. The number of rotatable bonds is 2. The first-order valence-corrected chi connectivity index (χ1v) is 7.74. The number of hydrogen-bond donors (Lipinski definition) is 2. The van der Waals surface area contributed by atoms with Crippen LogP contribution in [0.25, 0.3) is 10.9 Å². The van der Waals surface area contributed by atoms with Crippen LogP contribution >= 0.6 is 0 Å². The van der Waals surface area contributed by atoms with Gasteiger partial charge in [0.1, 0.15) is 12.0 Å². The molecule has 6 heteroatoms. The summed E-state index contributed by atoms with van der Waals surface area (Å²) in [5.41, 5.74) is 4.19. The van der Waals surface area contributed by atoms with Crippen molar-refractivity contribution >= 4 is 28.9 Å². The highest BCUT2D eigenvalue weighted by Gasteiger charge is 2.24. The van der Waals surface area contributed by atoms with Gasteiger partial charge in [-0.2, -0.15) is 5.10 Å². The number of hydrogen-bond acceptors (Lipinski definition) is 4. The van der Waals surface area contributed by atoms with Gasteiger partial charge in [0.25, 0.3) is 5.91 Å². The summed E-state index contributed by atoms with van der Waals surface area (Å²) in [6.07, 6.45) is 3.43. The standard InChI is InChI=1S/C17H20N4O2/c1-10-7-11(2)15-14(22)5-3-4-6-21-13(8-12(10)16(15)21)17(23)19-9-20-18/h7-9H,3-6,18H2,1-2H3,(H,19,20,23). The maximum absolute atomic E-state index is 12.6. The van der Waals surface area contributed by atoms with Crippen LogP contribution in [0.3, 0.4) is 0 Å². The second-order valence-electron chi connectivity index (χ2n) is 5.96. The van der Waals surface area contributed by atoms with Crippen LogP contribution in [0.2, 0.25) is 0 Å². The molecule has 1 aliphatic rings. The summed E-state index contributed by atoms with van der Waals surface area (Å²) < 4.78 is 1.96. The molecule has 1 amide bonds. The van der Waals surface area contributed by atoms with Crippen molar-refractivity contribution in [1.29, 1.82) is 0 Å². The average Bonchev–Trinajstić information content (AvgIpc) is 2.87. The van der Waals surface area contributed by atoms with E-state index in [-0.39, 0.29) is 11.7 Å². The van der Waals surface area contributed by atoms with E-state index in [2.05, 4.69) is 10.4 Å². The molecule has 0 aliphatic carbocycles. The maximum Gasteiger partial charge on any atom is 0.273 e. The first-order chi connectivity index (χ1) is 11.0. The number of ketones is 1. The van der Waals surface area contributed by atoms with Crippen molar-refractivity contribution in [3.05, 3.63) is 34.5 Å². The second-order valence-corrected chi connectivity index (χ2v) is 5.96. The fourth-order valence-electron chi connectivity index (χ4n) is 3.40. The predicted octanol–water partition coefficient (Wildman–Crippen LogP) is 2.26. The van der Waals surface area contributed by atoms with Gasteiger partial charge in [-0.3, -0.25) is 9.59 Å². The van der Waals surface area contributed by atoms with Crippen molar-refractivity contribution in [1.82, 2.24) is 9.88 Å². The number of carbonyl (C=O) groups is 2. The number of Topliss-reactive ketones (excluding diaryl/α,β-unsaturated/α-hetero) is 1. The van der Waals surface area contributed by atoms with Gasteiger partial charge < -0.3 is 15.7 Å². The van der Waals surface area contributed by atoms with Crippen LogP contribution in [0.5, 0.6) is 0 Å². The second kappa shape index (κ2) is 5.87. The van der Waals surface area contributed by atoms with Gasteiger partial charge in [0.2, 0.25) is 0 Å². The van der Waals surface area contributed by atoms with E-state index in [1.807, 2.05) is 30.5 Å². The zero-order chi connectivity index (χ0) is 16.6. The molecular formula is C17H20N4O2. The van der Waals surface area contributed by atoms with E-state index in [9.17, 15) is 9.59 Å². The van der Waals surface area contributed by atoms with Gasteiger partial charge in [0.15, 0.2) is 5.78 Å². The number of nitrogens with one attached hydrogen (secondary N) is 1. The molecule has 23 heavy (non-hydrogen) atoms. The van der Waals surface area contributed by atoms with E-state index in [0.717, 1.165) is 47.0 Å². The van der Waals surface area contributed by atoms with E-state index >= 15 is 0 Å². The fraction of sp³-hybridized carbons (Fsp3) is 0.353. The molecule has 3 N–H and O–H groups in total. The van der Waals surface area contributed by atoms with E-state index in [4.69, 9.17) is 5.84 Å². The zero-order valence-electron chi connectivity index (χ0n) is 13.3. The normalized spacial score (nSPS) is 15.0. The molecule has 120 valence electrons. The molecular weight excluding hydrogens is 292 g/mol. The number of aromatic nitrogens is 1. The largest absolute Gasteiger partial charge is 0.336 e. The molecule has 0 saturated heterocycles. The van der Waals surface area contributed by atoms with Gasteiger partial charge in [0, 0.05) is 23.9 Å². The van der Waals surface area contributed by atoms with Crippen molar-refractivity contribution in [3.8, 4) is 0 Å². The SMILES string of the molecule is Cc1cc(C)c2cc(C(=O)NC=NN)n3c2c1C(=O)CCCC3. The Morgan fingerprint density at radius 3 is 2.83 bits per heavy atom. The summed E-state index contributed by atoms with van der Waals surface area (Å²) >= 11 is 0. The number of aryl methyl sites for hydroxylation is 3. The Hall–Kier alpha value is -2.63. The van der Waals surface area contributed by atoms with E-state index < -0.39 is 0 Å². The number of amides is 1. The molecule has 2 heterocycles. The highest BCUT2D eigenvalue weighted by atomic mass is 16.2. The third kappa shape index (κ3) is 2.50. The minimum atomic E-state index is -0.272. The van der Waals surface area contributed by atoms with Gasteiger partial charge in [-0.05, 0) is 43.9 Å². The zero-order valence-corrected chi connectivity index (χ0v) is 13.3. The molecule has 0 bridgehead atoms. The van der Waals surface area contributed by atoms with Crippen LogP contribution in [0, 0.1) is 13.8 Å². The first-order valence-electron chi connectivity index (χ1n) is 7.74. The average molecular weight is 312 g/mol. The van der Waals surface area contributed by atoms with Crippen molar-refractivity contribution in [3.63, 3.8) is 0 Å². The fourth-order valence-corrected chi connectivity index (χ4v) is 3.40. The lowest BCUT2D eigenvalue weighted by Gasteiger charge is -2.17. The Labute approximate surface area is 134 Å². The third-order valence-electron chi connectivity index (χ3n) is 4.40. The molecule has 6 nitrogen and oxygen atoms in total. The number of carbonyl (C=O) groups excluding carboxylic acids is 2. The van der Waals surface area contributed by atoms with Gasteiger partial charge in [0.05, 0.1) is 5.52 Å². The molecule has 1 aliphatic heterocycles. The number of hydrazone groups is 1. The van der Waals surface area contributed by atoms with Crippen LogP contribution in [-0.2, 0) is 6.54 Å². The molecule has 3 rings (SSSR count). The Kier molecular flexibility index (Phi) is 3.90. The Bertz CT molecular complexity index is 833. The van der Waals surface area contributed by atoms with Gasteiger partial charge >= 0.3 is 0 Å². The molecule has 0 saturated carbocycles. The lowest BCUT2D eigenvalue weighted by molar-refractivity contribution is 0.0958.